The van der Waals surface area contributed by atoms with Gasteiger partial charge in [0.05, 0.1) is 0 Å². The van der Waals surface area contributed by atoms with E-state index in [1.165, 1.54) is 14.0 Å². The molecule has 3 nitrogen and oxygen atoms in total. The van der Waals surface area contributed by atoms with Crippen LogP contribution in [0.3, 0.4) is 0 Å². The number of hydroxylamine groups is 1. The summed E-state index contributed by atoms with van der Waals surface area (Å²) in [5.74, 6) is -0.322. The summed E-state index contributed by atoms with van der Waals surface area (Å²) in [7, 11) is 1.53. The van der Waals surface area contributed by atoms with Gasteiger partial charge in [-0.25, -0.2) is 0 Å². The van der Waals surface area contributed by atoms with E-state index in [1.54, 1.807) is 0 Å². The van der Waals surface area contributed by atoms with Crippen molar-refractivity contribution in [3.8, 4) is 0 Å². The summed E-state index contributed by atoms with van der Waals surface area (Å²) in [5, 5.41) is 0. The summed E-state index contributed by atoms with van der Waals surface area (Å²) in [4.78, 5) is 13.9. The zero-order valence-corrected chi connectivity index (χ0v) is 3.82. The molecule has 0 radical (unpaired) electrons. The van der Waals surface area contributed by atoms with Gasteiger partial charge < -0.3 is 4.84 Å². The van der Waals surface area contributed by atoms with Gasteiger partial charge in [-0.15, -0.1) is 0 Å². The van der Waals surface area contributed by atoms with Crippen molar-refractivity contribution in [1.82, 2.24) is 5.48 Å². The van der Waals surface area contributed by atoms with Crippen LogP contribution >= 0.6 is 0 Å². The Morgan fingerprint density at radius 3 is 2.14 bits per heavy atom. The van der Waals surface area contributed by atoms with Gasteiger partial charge in [0.1, 0.15) is 0 Å². The van der Waals surface area contributed by atoms with Crippen LogP contribution in [-0.2, 0) is 9.63 Å². The summed E-state index contributed by atoms with van der Waals surface area (Å²) in [6.45, 7) is 1.33. The molecule has 0 aliphatic rings. The molecule has 4 heteroatoms. The molecule has 0 aromatic carbocycles. The van der Waals surface area contributed by atoms with Gasteiger partial charge in [0.15, 0.2) is 0 Å². The summed E-state index contributed by atoms with van der Waals surface area (Å²) >= 11 is 0. The number of hydrogen-bond donors (Lipinski definition) is 1. The second kappa shape index (κ2) is 6.43. The normalized spacial score (nSPS) is 6.57. The molecule has 0 fully saturated rings. The van der Waals surface area contributed by atoms with E-state index >= 15 is 0 Å². The fourth-order valence-corrected chi connectivity index (χ4v) is 0.144. The van der Waals surface area contributed by atoms with Crippen LogP contribution in [-0.4, -0.2) is 42.6 Å². The Kier molecular flexibility index (Phi) is 9.57. The van der Waals surface area contributed by atoms with E-state index in [-0.39, 0.29) is 35.5 Å². The van der Waals surface area contributed by atoms with Gasteiger partial charge in [-0.2, -0.15) is 5.48 Å². The fraction of sp³-hybridized carbons (Fsp3) is 0.667. The van der Waals surface area contributed by atoms with Gasteiger partial charge in [-0.05, 0) is 0 Å². The fourth-order valence-electron chi connectivity index (χ4n) is 0.144. The third-order valence-electron chi connectivity index (χ3n) is 0.246. The average molecular weight is 113 g/mol. The second-order valence-corrected chi connectivity index (χ2v) is 0.798. The number of nitrogens with one attached hydrogen (secondary N) is 1. The Hall–Kier alpha value is 0.430. The maximum absolute atomic E-state index is 9.76. The summed E-state index contributed by atoms with van der Waals surface area (Å²) in [6, 6.07) is 0. The number of carbonyl (C=O) groups is 1. The minimum absolute atomic E-state index is 0. The molecule has 0 aliphatic heterocycles. The summed E-state index contributed by atoms with van der Waals surface area (Å²) in [6.07, 6.45) is 0. The predicted octanol–water partition coefficient (Wildman–Crippen LogP) is -0.965. The molecule has 0 saturated carbocycles. The first-order chi connectivity index (χ1) is 2.77. The van der Waals surface area contributed by atoms with E-state index < -0.39 is 0 Å². The van der Waals surface area contributed by atoms with E-state index in [0.29, 0.717) is 0 Å². The Labute approximate surface area is 64.7 Å². The first-order valence-electron chi connectivity index (χ1n) is 1.61. The van der Waals surface area contributed by atoms with Gasteiger partial charge in [0.2, 0.25) is 0 Å². The van der Waals surface area contributed by atoms with Crippen LogP contribution in [0.1, 0.15) is 6.92 Å². The molecular weight excluding hydrogens is 105 g/mol. The van der Waals surface area contributed by atoms with Crippen LogP contribution in [0.15, 0.2) is 0 Å². The van der Waals surface area contributed by atoms with Crippen molar-refractivity contribution in [2.75, 3.05) is 7.05 Å². The molecule has 0 aromatic rings. The molecule has 0 saturated heterocycles. The summed E-state index contributed by atoms with van der Waals surface area (Å²) in [5.41, 5.74) is 2.22. The SMILES string of the molecule is CNOC(C)=O.[NaH]. The molecule has 0 aliphatic carbocycles. The molecule has 0 amide bonds. The van der Waals surface area contributed by atoms with Crippen LogP contribution in [0.2, 0.25) is 0 Å². The molecule has 38 valence electrons. The van der Waals surface area contributed by atoms with E-state index in [2.05, 4.69) is 10.3 Å². The third kappa shape index (κ3) is 10.7. The number of rotatable bonds is 1. The molecule has 0 heterocycles. The standard InChI is InChI=1S/C3H7NO2.Na.H/c1-3(5)6-4-2;;/h4H,1-2H3;;. The molecule has 0 unspecified atom stereocenters. The number of carbonyl (C=O) groups excluding carboxylic acids is 1. The van der Waals surface area contributed by atoms with Crippen LogP contribution < -0.4 is 5.48 Å². The zero-order chi connectivity index (χ0) is 4.99. The van der Waals surface area contributed by atoms with Gasteiger partial charge >= 0.3 is 35.5 Å². The van der Waals surface area contributed by atoms with Gasteiger partial charge in [0.25, 0.3) is 0 Å². The maximum atomic E-state index is 9.76. The first-order valence-corrected chi connectivity index (χ1v) is 1.61. The van der Waals surface area contributed by atoms with Crippen LogP contribution in [0.5, 0.6) is 0 Å². The van der Waals surface area contributed by atoms with Crippen molar-refractivity contribution in [3.05, 3.63) is 0 Å². The van der Waals surface area contributed by atoms with Gasteiger partial charge in [-0.1, -0.05) is 0 Å². The van der Waals surface area contributed by atoms with Crippen molar-refractivity contribution < 1.29 is 9.63 Å². The first kappa shape index (κ1) is 10.4. The van der Waals surface area contributed by atoms with Crippen molar-refractivity contribution in [2.24, 2.45) is 0 Å². The predicted molar refractivity (Wildman–Crippen MR) is 28.0 cm³/mol. The molecule has 1 N–H and O–H groups in total. The quantitative estimate of drug-likeness (QED) is 0.351. The Morgan fingerprint density at radius 2 is 2.14 bits per heavy atom. The van der Waals surface area contributed by atoms with E-state index in [9.17, 15) is 4.79 Å². The Morgan fingerprint density at radius 1 is 1.71 bits per heavy atom. The molecule has 0 aromatic heterocycles. The molecule has 0 rings (SSSR count). The number of hydrogen-bond acceptors (Lipinski definition) is 3. The molecular formula is C3H8NNaO2. The van der Waals surface area contributed by atoms with Crippen molar-refractivity contribution in [3.63, 3.8) is 0 Å². The molecule has 7 heavy (non-hydrogen) atoms. The monoisotopic (exact) mass is 113 g/mol. The van der Waals surface area contributed by atoms with E-state index in [0.717, 1.165) is 0 Å². The van der Waals surface area contributed by atoms with Crippen molar-refractivity contribution >= 4 is 35.5 Å². The van der Waals surface area contributed by atoms with E-state index in [1.807, 2.05) is 0 Å². The van der Waals surface area contributed by atoms with Crippen LogP contribution in [0.4, 0.5) is 0 Å². The van der Waals surface area contributed by atoms with E-state index in [4.69, 9.17) is 0 Å². The van der Waals surface area contributed by atoms with Crippen molar-refractivity contribution in [2.45, 2.75) is 6.92 Å². The average Bonchev–Trinajstić information content (AvgIpc) is 1.35. The Bertz CT molecular complexity index is 56.9. The van der Waals surface area contributed by atoms with Crippen LogP contribution in [0.25, 0.3) is 0 Å². The minimum atomic E-state index is -0.322. The topological polar surface area (TPSA) is 38.3 Å². The molecule has 0 bridgehead atoms. The zero-order valence-electron chi connectivity index (χ0n) is 3.82. The Balaban J connectivity index is 0. The van der Waals surface area contributed by atoms with Gasteiger partial charge in [-0.3, -0.25) is 4.79 Å². The molecule has 0 spiro atoms. The second-order valence-electron chi connectivity index (χ2n) is 0.798. The van der Waals surface area contributed by atoms with Crippen molar-refractivity contribution in [1.29, 1.82) is 0 Å². The van der Waals surface area contributed by atoms with Crippen LogP contribution in [0, 0.1) is 0 Å². The molecule has 0 atom stereocenters. The van der Waals surface area contributed by atoms with Gasteiger partial charge in [0, 0.05) is 14.0 Å². The summed E-state index contributed by atoms with van der Waals surface area (Å²) < 4.78 is 0. The third-order valence-corrected chi connectivity index (χ3v) is 0.246.